The highest BCUT2D eigenvalue weighted by molar-refractivity contribution is 6.33. The zero-order chi connectivity index (χ0) is 14.7. The summed E-state index contributed by atoms with van der Waals surface area (Å²) in [5, 5.41) is 6.01. The topological polar surface area (TPSA) is 43.7 Å². The fraction of sp³-hybridized carbons (Fsp3) is 0.353. The van der Waals surface area contributed by atoms with Crippen molar-refractivity contribution < 1.29 is 0 Å². The molecule has 5 heteroatoms. The lowest BCUT2D eigenvalue weighted by Crippen LogP contribution is -2.31. The van der Waals surface area contributed by atoms with Gasteiger partial charge in [0, 0.05) is 18.5 Å². The van der Waals surface area contributed by atoms with E-state index in [9.17, 15) is 0 Å². The monoisotopic (exact) mass is 288 g/mol. The van der Waals surface area contributed by atoms with Crippen LogP contribution in [0.5, 0.6) is 0 Å². The van der Waals surface area contributed by atoms with Crippen molar-refractivity contribution in [2.75, 3.05) is 13.1 Å². The molecular weight excluding hydrogens is 271 g/mol. The first-order chi connectivity index (χ1) is 10.8. The number of fused-ring (bicyclic) bond motifs is 3. The van der Waals surface area contributed by atoms with Crippen molar-refractivity contribution >= 4 is 35.1 Å². The number of hydrogen-bond donors (Lipinski definition) is 2. The lowest BCUT2D eigenvalue weighted by atomic mass is 9.93. The number of nitrogens with zero attached hydrogens (tertiary/aromatic N) is 2. The van der Waals surface area contributed by atoms with E-state index in [0.29, 0.717) is 12.2 Å². The van der Waals surface area contributed by atoms with Gasteiger partial charge in [0.25, 0.3) is 0 Å². The second-order valence-electron chi connectivity index (χ2n) is 6.41. The van der Waals surface area contributed by atoms with Crippen molar-refractivity contribution in [2.24, 2.45) is 0 Å². The summed E-state index contributed by atoms with van der Waals surface area (Å²) < 4.78 is 0. The molecule has 2 atom stereocenters. The van der Waals surface area contributed by atoms with E-state index in [-0.39, 0.29) is 0 Å². The van der Waals surface area contributed by atoms with E-state index in [0.717, 1.165) is 39.5 Å². The van der Waals surface area contributed by atoms with Crippen LogP contribution in [0.15, 0.2) is 30.3 Å². The van der Waals surface area contributed by atoms with Crippen molar-refractivity contribution in [3.8, 4) is 0 Å². The maximum absolute atomic E-state index is 5.88. The van der Waals surface area contributed by atoms with E-state index < -0.39 is 0 Å². The van der Waals surface area contributed by atoms with Crippen molar-refractivity contribution in [3.05, 3.63) is 36.2 Å². The predicted octanol–water partition coefficient (Wildman–Crippen LogP) is 1.58. The summed E-state index contributed by atoms with van der Waals surface area (Å²) in [6, 6.07) is 10.6. The molecule has 4 nitrogen and oxygen atoms in total. The van der Waals surface area contributed by atoms with Gasteiger partial charge in [-0.05, 0) is 24.3 Å². The maximum Gasteiger partial charge on any atom is 0.124 e. The molecule has 22 heavy (non-hydrogen) atoms. The van der Waals surface area contributed by atoms with Crippen LogP contribution in [0.2, 0.25) is 0 Å². The van der Waals surface area contributed by atoms with Gasteiger partial charge in [0.05, 0.1) is 23.2 Å². The van der Waals surface area contributed by atoms with Crippen LogP contribution in [0.4, 0.5) is 0 Å². The molecule has 2 aliphatic rings. The molecule has 0 aliphatic carbocycles. The smallest absolute Gasteiger partial charge is 0.124 e. The molecular formula is C17H17BN4. The lowest BCUT2D eigenvalue weighted by Gasteiger charge is -2.13. The van der Waals surface area contributed by atoms with E-state index in [4.69, 9.17) is 12.8 Å². The van der Waals surface area contributed by atoms with Crippen LogP contribution in [0.25, 0.3) is 21.8 Å². The molecule has 3 aromatic rings. The van der Waals surface area contributed by atoms with Gasteiger partial charge in [-0.3, -0.25) is 10.2 Å². The third-order valence-electron chi connectivity index (χ3n) is 4.89. The molecule has 0 amide bonds. The average Bonchev–Trinajstić information content (AvgIpc) is 3.10. The zero-order valence-electron chi connectivity index (χ0n) is 12.3. The highest BCUT2D eigenvalue weighted by Gasteiger charge is 2.35. The Kier molecular flexibility index (Phi) is 2.63. The fourth-order valence-electron chi connectivity index (χ4n) is 3.60. The van der Waals surface area contributed by atoms with Gasteiger partial charge in [-0.2, -0.15) is 0 Å². The van der Waals surface area contributed by atoms with Gasteiger partial charge in [0.1, 0.15) is 13.7 Å². The van der Waals surface area contributed by atoms with Gasteiger partial charge >= 0.3 is 0 Å². The van der Waals surface area contributed by atoms with Crippen molar-refractivity contribution in [3.63, 3.8) is 0 Å². The summed E-state index contributed by atoms with van der Waals surface area (Å²) in [6.45, 7) is 2.47. The summed E-state index contributed by atoms with van der Waals surface area (Å²) in [5.41, 5.74) is 2.94. The van der Waals surface area contributed by atoms with E-state index in [1.807, 2.05) is 12.1 Å². The van der Waals surface area contributed by atoms with Crippen LogP contribution in [-0.4, -0.2) is 42.0 Å². The predicted molar refractivity (Wildman–Crippen MR) is 89.5 cm³/mol. The molecule has 3 heterocycles. The largest absolute Gasteiger partial charge is 0.341 e. The number of benzene rings is 2. The van der Waals surface area contributed by atoms with E-state index >= 15 is 0 Å². The molecule has 2 N–H and O–H groups in total. The highest BCUT2D eigenvalue weighted by Crippen LogP contribution is 2.31. The minimum absolute atomic E-state index is 0.335. The zero-order valence-corrected chi connectivity index (χ0v) is 12.3. The molecule has 2 aliphatic heterocycles. The number of nitrogens with one attached hydrogen (secondary N) is 2. The van der Waals surface area contributed by atoms with Crippen LogP contribution >= 0.6 is 0 Å². The minimum Gasteiger partial charge on any atom is -0.341 e. The quantitative estimate of drug-likeness (QED) is 0.556. The molecule has 2 saturated heterocycles. The van der Waals surface area contributed by atoms with Crippen LogP contribution in [-0.2, 0) is 0 Å². The third-order valence-corrected chi connectivity index (χ3v) is 4.89. The van der Waals surface area contributed by atoms with Crippen molar-refractivity contribution in [1.29, 1.82) is 0 Å². The van der Waals surface area contributed by atoms with Crippen LogP contribution in [0.3, 0.4) is 0 Å². The standard InChI is InChI=1S/C17H17BN4/c18-11-2-3-12-10(9-11)1-4-13-16(12)21-17(20-13)14-5-6-15(19-14)22-7-8-22/h1-4,9,14-15,19H,5-8H2,(H,20,21)/t14-,15-/m0/s1. The lowest BCUT2D eigenvalue weighted by molar-refractivity contribution is 0.356. The first-order valence-corrected chi connectivity index (χ1v) is 7.96. The van der Waals surface area contributed by atoms with Gasteiger partial charge in [0.2, 0.25) is 0 Å². The molecule has 2 fully saturated rings. The maximum atomic E-state index is 5.88. The second kappa shape index (κ2) is 4.57. The number of hydrogen-bond acceptors (Lipinski definition) is 3. The number of rotatable bonds is 2. The van der Waals surface area contributed by atoms with E-state index in [2.05, 4.69) is 33.4 Å². The Morgan fingerprint density at radius 1 is 1.14 bits per heavy atom. The molecule has 0 unspecified atom stereocenters. The molecule has 5 rings (SSSR count). The average molecular weight is 288 g/mol. The Labute approximate surface area is 130 Å². The second-order valence-corrected chi connectivity index (χ2v) is 6.41. The molecule has 0 saturated carbocycles. The van der Waals surface area contributed by atoms with Gasteiger partial charge in [0.15, 0.2) is 0 Å². The minimum atomic E-state index is 0.335. The Morgan fingerprint density at radius 2 is 2.05 bits per heavy atom. The first-order valence-electron chi connectivity index (χ1n) is 7.96. The summed E-state index contributed by atoms with van der Waals surface area (Å²) in [5.74, 6) is 1.06. The Bertz CT molecular complexity index is 868. The van der Waals surface area contributed by atoms with Gasteiger partial charge in [-0.25, -0.2) is 4.98 Å². The van der Waals surface area contributed by atoms with Crippen molar-refractivity contribution in [2.45, 2.75) is 25.0 Å². The van der Waals surface area contributed by atoms with Gasteiger partial charge in [-0.1, -0.05) is 29.7 Å². The first kappa shape index (κ1) is 12.7. The molecule has 2 radical (unpaired) electrons. The normalized spacial score (nSPS) is 25.3. The van der Waals surface area contributed by atoms with Crippen LogP contribution in [0.1, 0.15) is 24.7 Å². The van der Waals surface area contributed by atoms with E-state index in [1.54, 1.807) is 0 Å². The summed E-state index contributed by atoms with van der Waals surface area (Å²) in [6.07, 6.45) is 2.89. The summed E-state index contributed by atoms with van der Waals surface area (Å²) in [7, 11) is 5.88. The number of aromatic amines is 1. The van der Waals surface area contributed by atoms with Crippen molar-refractivity contribution in [1.82, 2.24) is 20.2 Å². The number of H-pyrrole nitrogens is 1. The SMILES string of the molecule is [B]c1ccc2c(ccc3[nH]c([C@@H]4CC[C@H](N5CC5)N4)nc32)c1. The van der Waals surface area contributed by atoms with Gasteiger partial charge < -0.3 is 4.98 Å². The Morgan fingerprint density at radius 3 is 2.91 bits per heavy atom. The number of aromatic nitrogens is 2. The number of imidazole rings is 1. The highest BCUT2D eigenvalue weighted by atomic mass is 15.4. The van der Waals surface area contributed by atoms with Crippen LogP contribution < -0.4 is 10.8 Å². The molecule has 0 spiro atoms. The van der Waals surface area contributed by atoms with Gasteiger partial charge in [-0.15, -0.1) is 0 Å². The molecule has 108 valence electrons. The van der Waals surface area contributed by atoms with Crippen LogP contribution in [0, 0.1) is 0 Å². The van der Waals surface area contributed by atoms with E-state index in [1.165, 1.54) is 19.5 Å². The third kappa shape index (κ3) is 1.96. The molecule has 2 aromatic carbocycles. The summed E-state index contributed by atoms with van der Waals surface area (Å²) >= 11 is 0. The Balaban J connectivity index is 1.56. The fourth-order valence-corrected chi connectivity index (χ4v) is 3.60. The summed E-state index contributed by atoms with van der Waals surface area (Å²) in [4.78, 5) is 10.9. The molecule has 1 aromatic heterocycles. The Hall–Kier alpha value is -1.85. The molecule has 0 bridgehead atoms.